The molecule has 0 aliphatic carbocycles. The molecule has 32 atom stereocenters. The zero-order valence-corrected chi connectivity index (χ0v) is 40.2. The van der Waals surface area contributed by atoms with Crippen LogP contribution in [0.1, 0.15) is 0 Å². The highest BCUT2D eigenvalue weighted by Gasteiger charge is 2.59. The Morgan fingerprint density at radius 3 is 0.671 bits per heavy atom. The Morgan fingerprint density at radius 2 is 0.461 bits per heavy atom. The maximum absolute atomic E-state index is 11.9. The lowest BCUT2D eigenvalue weighted by Crippen LogP contribution is -2.69. The molecule has 0 amide bonds. The smallest absolute Gasteiger partial charge is 0.187 e. The molecule has 0 aromatic heterocycles. The monoisotopic (exact) mass is 1120 g/mol. The molecule has 0 aromatic rings. The second kappa shape index (κ2) is 27.6. The lowest BCUT2D eigenvalue weighted by Gasteiger charge is -2.51. The van der Waals surface area contributed by atoms with Gasteiger partial charge in [0.25, 0.3) is 0 Å². The topological polar surface area (TPSA) is 534 Å². The fourth-order valence-corrected chi connectivity index (χ4v) is 9.83. The molecule has 22 saturated heterocycles. The molecule has 22 rings (SSSR count). The number of hydrogen-bond acceptors (Lipinski definition) is 34. The van der Waals surface area contributed by atoms with Crippen molar-refractivity contribution in [1.82, 2.24) is 0 Å². The van der Waals surface area contributed by atoms with E-state index in [-0.39, 0.29) is 0 Å². The molecule has 22 fully saturated rings. The van der Waals surface area contributed by atoms with E-state index in [2.05, 4.69) is 0 Å². The maximum Gasteiger partial charge on any atom is 0.187 e. The van der Waals surface area contributed by atoms with Crippen molar-refractivity contribution in [1.29, 1.82) is 0 Å². The Bertz CT molecular complexity index is 1710. The summed E-state index contributed by atoms with van der Waals surface area (Å²) in [5, 5.41) is 217. The largest absolute Gasteiger partial charge is 0.394 e. The van der Waals surface area contributed by atoms with Gasteiger partial charge in [0.2, 0.25) is 0 Å². The Hall–Kier alpha value is -1.36. The van der Waals surface area contributed by atoms with Crippen LogP contribution in [0.3, 0.4) is 0 Å². The molecular weight excluding hydrogens is 1050 g/mol. The van der Waals surface area contributed by atoms with E-state index in [1.54, 1.807) is 0 Å². The van der Waals surface area contributed by atoms with Crippen LogP contribution in [-0.4, -0.2) is 365 Å². The van der Waals surface area contributed by atoms with Crippen LogP contribution in [0.2, 0.25) is 0 Å². The number of aliphatic hydroxyl groups is 20. The lowest BCUT2D eigenvalue weighted by atomic mass is 9.94. The summed E-state index contributed by atoms with van der Waals surface area (Å²) in [5.74, 6) is 0. The second-order valence-corrected chi connectivity index (χ2v) is 19.1. The average molecular weight is 1120 g/mol. The van der Waals surface area contributed by atoms with Gasteiger partial charge in [-0.15, -0.1) is 0 Å². The molecule has 0 radical (unpaired) electrons. The van der Waals surface area contributed by atoms with Crippen LogP contribution in [0.25, 0.3) is 0 Å². The number of hydrogen-bond donors (Lipinski definition) is 20. The predicted molar refractivity (Wildman–Crippen MR) is 229 cm³/mol. The molecule has 22 aliphatic heterocycles. The molecular formula is C42H72O34. The summed E-state index contributed by atoms with van der Waals surface area (Å²) < 4.78 is 81.3. The highest BCUT2D eigenvalue weighted by molar-refractivity contribution is 5.01. The van der Waals surface area contributed by atoms with Gasteiger partial charge in [0.1, 0.15) is 159 Å². The van der Waals surface area contributed by atoms with E-state index in [1.807, 2.05) is 0 Å². The number of aliphatic hydroxyl groups excluding tert-OH is 20. The SMILES string of the molecule is OCC(O)CO[C@@H]1[C@@H](O)[C@H]2O[C@@H]3[C@H](OCC(O)CO)[C@@H](O)[C@@H](O[C@H]4[C@H](O)[C@@H](O)[C@@H](O[C@H]5[C@H](O)[C@@H](O)[C@@H](O[C@H]6[C@H](O)[C@@H](O)[C@@H](O[C@H]7[C@H](O)[C@@H](O)[C@@H](O[C@H]1[C@@H](CO)O2)O[C@@H]7CO)O[C@@H]6CO)O[C@@H]5CO)O[C@@H]4CO)O[C@@H]3CO. The minimum Gasteiger partial charge on any atom is -0.394 e. The summed E-state index contributed by atoms with van der Waals surface area (Å²) in [6.07, 6.45) is -62.5. The first kappa shape index (κ1) is 62.2. The first-order valence-electron chi connectivity index (χ1n) is 24.4. The van der Waals surface area contributed by atoms with E-state index in [1.165, 1.54) is 0 Å². The van der Waals surface area contributed by atoms with Gasteiger partial charge in [-0.1, -0.05) is 0 Å². The van der Waals surface area contributed by atoms with Gasteiger partial charge in [-0.05, 0) is 0 Å². The van der Waals surface area contributed by atoms with Gasteiger partial charge >= 0.3 is 0 Å². The molecule has 0 spiro atoms. The minimum absolute atomic E-state index is 0.771. The van der Waals surface area contributed by atoms with Gasteiger partial charge in [-0.25, -0.2) is 0 Å². The maximum atomic E-state index is 11.9. The average Bonchev–Trinajstić information content (AvgIpc) is 3.42. The molecule has 0 aromatic carbocycles. The van der Waals surface area contributed by atoms with Gasteiger partial charge in [0.05, 0.1) is 66.1 Å². The molecule has 22 heterocycles. The van der Waals surface area contributed by atoms with E-state index in [0.29, 0.717) is 0 Å². The Balaban J connectivity index is 1.25. The number of ether oxygens (including phenoxy) is 14. The highest BCUT2D eigenvalue weighted by Crippen LogP contribution is 2.39. The summed E-state index contributed by atoms with van der Waals surface area (Å²) in [4.78, 5) is 0. The van der Waals surface area contributed by atoms with Crippen LogP contribution < -0.4 is 0 Å². The third-order valence-electron chi connectivity index (χ3n) is 14.0. The zero-order chi connectivity index (χ0) is 55.4. The van der Waals surface area contributed by atoms with Crippen molar-refractivity contribution in [3.63, 3.8) is 0 Å². The Labute approximate surface area is 430 Å². The first-order chi connectivity index (χ1) is 36.3. The molecule has 444 valence electrons. The molecule has 12 bridgehead atoms. The second-order valence-electron chi connectivity index (χ2n) is 19.1. The summed E-state index contributed by atoms with van der Waals surface area (Å²) >= 11 is 0. The van der Waals surface area contributed by atoms with Gasteiger partial charge in [-0.3, -0.25) is 0 Å². The van der Waals surface area contributed by atoms with E-state index in [9.17, 15) is 102 Å². The van der Waals surface area contributed by atoms with Crippen molar-refractivity contribution in [2.75, 3.05) is 66.1 Å². The van der Waals surface area contributed by atoms with Crippen molar-refractivity contribution < 1.29 is 168 Å². The van der Waals surface area contributed by atoms with Gasteiger partial charge < -0.3 is 168 Å². The summed E-state index contributed by atoms with van der Waals surface area (Å²) in [6, 6.07) is 0. The Kier molecular flexibility index (Phi) is 22.6. The minimum atomic E-state index is -2.21. The standard InChI is InChI=1S/C42H72O34/c43-1-11(51)9-63-35-27(61)41-69-18(8-50)34(35)76-42-28(62)36(64-10-12(52)2-44)33(17(7-49)70-42)75-40-26(60)22(56)31(15(5-47)68-40)73-38-24(58)20(54)29(13(3-45)66-38)71-37-23(57)19(53)30(14(4-46)65-37)72-39-25(59)21(55)32(74-41)16(6-48)67-39/h11-62H,1-10H2/t11?,12?,13-,14-,15-,16-,17-,18-,19-,20-,21-,22-,23-,24-,25-,26-,27-,28-,29-,30-,31-,32-,33+,34+,35-,36-,37-,38-,39-,40-,41-,42-/m1/s1. The third kappa shape index (κ3) is 13.1. The van der Waals surface area contributed by atoms with Crippen LogP contribution in [-0.2, 0) is 66.3 Å². The fourth-order valence-electron chi connectivity index (χ4n) is 9.83. The first-order valence-corrected chi connectivity index (χ1v) is 24.4. The molecule has 34 heteroatoms. The van der Waals surface area contributed by atoms with Crippen LogP contribution in [0.5, 0.6) is 0 Å². The van der Waals surface area contributed by atoms with Crippen molar-refractivity contribution in [2.45, 2.75) is 196 Å². The van der Waals surface area contributed by atoms with Gasteiger partial charge in [0.15, 0.2) is 37.7 Å². The normalized spacial score (nSPS) is 50.5. The zero-order valence-electron chi connectivity index (χ0n) is 40.2. The van der Waals surface area contributed by atoms with Crippen molar-refractivity contribution in [2.24, 2.45) is 0 Å². The van der Waals surface area contributed by atoms with E-state index < -0.39 is 263 Å². The summed E-state index contributed by atoms with van der Waals surface area (Å²) in [7, 11) is 0. The van der Waals surface area contributed by atoms with Crippen LogP contribution in [0, 0.1) is 0 Å². The highest BCUT2D eigenvalue weighted by atomic mass is 16.8. The van der Waals surface area contributed by atoms with E-state index in [4.69, 9.17) is 66.3 Å². The van der Waals surface area contributed by atoms with Crippen molar-refractivity contribution >= 4 is 0 Å². The van der Waals surface area contributed by atoms with Crippen LogP contribution in [0.4, 0.5) is 0 Å². The molecule has 22 aliphatic rings. The van der Waals surface area contributed by atoms with E-state index in [0.717, 1.165) is 0 Å². The molecule has 0 saturated carbocycles. The third-order valence-corrected chi connectivity index (χ3v) is 14.0. The van der Waals surface area contributed by atoms with Gasteiger partial charge in [-0.2, -0.15) is 0 Å². The summed E-state index contributed by atoms with van der Waals surface area (Å²) in [6.45, 7) is -9.54. The lowest BCUT2D eigenvalue weighted by molar-refractivity contribution is -0.406. The molecule has 2 unspecified atom stereocenters. The summed E-state index contributed by atoms with van der Waals surface area (Å²) in [5.41, 5.74) is 0. The predicted octanol–water partition coefficient (Wildman–Crippen LogP) is -14.3. The van der Waals surface area contributed by atoms with Crippen molar-refractivity contribution in [3.05, 3.63) is 0 Å². The molecule has 34 nitrogen and oxygen atoms in total. The van der Waals surface area contributed by atoms with Crippen molar-refractivity contribution in [3.8, 4) is 0 Å². The molecule has 76 heavy (non-hydrogen) atoms. The van der Waals surface area contributed by atoms with Crippen LogP contribution in [0.15, 0.2) is 0 Å². The van der Waals surface area contributed by atoms with Crippen LogP contribution >= 0.6 is 0 Å². The van der Waals surface area contributed by atoms with Gasteiger partial charge in [0, 0.05) is 0 Å². The Morgan fingerprint density at radius 1 is 0.263 bits per heavy atom. The van der Waals surface area contributed by atoms with E-state index >= 15 is 0 Å². The molecule has 20 N–H and O–H groups in total. The number of rotatable bonds is 14. The fraction of sp³-hybridized carbons (Fsp3) is 1.00. The quantitative estimate of drug-likeness (QED) is 0.0768.